The van der Waals surface area contributed by atoms with Crippen molar-refractivity contribution < 1.29 is 9.59 Å². The van der Waals surface area contributed by atoms with Gasteiger partial charge in [-0.3, -0.25) is 9.69 Å². The molecular formula is C14H22N2O2S. The first-order valence-electron chi connectivity index (χ1n) is 7.36. The van der Waals surface area contributed by atoms with Crippen molar-refractivity contribution in [2.75, 3.05) is 12.3 Å². The molecule has 5 heteroatoms. The largest absolute Gasteiger partial charge is 0.325 e. The van der Waals surface area contributed by atoms with Gasteiger partial charge in [-0.25, -0.2) is 4.79 Å². The lowest BCUT2D eigenvalue weighted by Gasteiger charge is -2.31. The average molecular weight is 282 g/mol. The standard InChI is InChI=1S/C14H22N2O2S/c17-11-14(7-3-4-8-14)15-12(18)16(11)9-13(10-19)5-1-2-6-13/h19H,1-10H2,(H,15,18). The molecule has 2 aliphatic carbocycles. The molecule has 0 aromatic carbocycles. The Bertz CT molecular complexity index is 398. The van der Waals surface area contributed by atoms with Crippen LogP contribution in [0.25, 0.3) is 0 Å². The lowest BCUT2D eigenvalue weighted by atomic mass is 9.87. The van der Waals surface area contributed by atoms with E-state index in [0.717, 1.165) is 44.3 Å². The lowest BCUT2D eigenvalue weighted by Crippen LogP contribution is -2.45. The summed E-state index contributed by atoms with van der Waals surface area (Å²) in [4.78, 5) is 26.2. The van der Waals surface area contributed by atoms with Gasteiger partial charge in [0.05, 0.1) is 0 Å². The normalized spacial score (nSPS) is 28.4. The second-order valence-corrected chi connectivity index (χ2v) is 6.79. The minimum atomic E-state index is -0.562. The molecule has 0 bridgehead atoms. The summed E-state index contributed by atoms with van der Waals surface area (Å²) in [5, 5.41) is 2.96. The van der Waals surface area contributed by atoms with Crippen LogP contribution < -0.4 is 5.32 Å². The van der Waals surface area contributed by atoms with E-state index >= 15 is 0 Å². The van der Waals surface area contributed by atoms with Crippen LogP contribution in [0, 0.1) is 5.41 Å². The molecule has 1 N–H and O–H groups in total. The maximum Gasteiger partial charge on any atom is 0.325 e. The van der Waals surface area contributed by atoms with Crippen LogP contribution >= 0.6 is 12.6 Å². The van der Waals surface area contributed by atoms with Gasteiger partial charge < -0.3 is 5.32 Å². The predicted molar refractivity (Wildman–Crippen MR) is 76.2 cm³/mol. The molecule has 3 amide bonds. The van der Waals surface area contributed by atoms with E-state index in [-0.39, 0.29) is 17.4 Å². The van der Waals surface area contributed by atoms with Gasteiger partial charge in [-0.2, -0.15) is 12.6 Å². The highest BCUT2D eigenvalue weighted by Crippen LogP contribution is 2.42. The molecule has 3 rings (SSSR count). The molecule has 106 valence electrons. The summed E-state index contributed by atoms with van der Waals surface area (Å²) >= 11 is 4.47. The van der Waals surface area contributed by atoms with Gasteiger partial charge in [0.2, 0.25) is 0 Å². The van der Waals surface area contributed by atoms with Gasteiger partial charge in [0.15, 0.2) is 0 Å². The zero-order valence-electron chi connectivity index (χ0n) is 11.3. The van der Waals surface area contributed by atoms with Gasteiger partial charge in [-0.1, -0.05) is 25.7 Å². The summed E-state index contributed by atoms with van der Waals surface area (Å²) in [5.41, 5.74) is -0.506. The highest BCUT2D eigenvalue weighted by atomic mass is 32.1. The van der Waals surface area contributed by atoms with E-state index in [9.17, 15) is 9.59 Å². The number of imide groups is 1. The SMILES string of the molecule is O=C1NC2(CCCC2)C(=O)N1CC1(CS)CCCC1. The van der Waals surface area contributed by atoms with Crippen LogP contribution in [-0.4, -0.2) is 34.7 Å². The number of nitrogens with zero attached hydrogens (tertiary/aromatic N) is 1. The molecular weight excluding hydrogens is 260 g/mol. The maximum absolute atomic E-state index is 12.6. The van der Waals surface area contributed by atoms with Crippen LogP contribution in [0.4, 0.5) is 4.79 Å². The van der Waals surface area contributed by atoms with Gasteiger partial charge in [-0.15, -0.1) is 0 Å². The van der Waals surface area contributed by atoms with Gasteiger partial charge in [-0.05, 0) is 36.9 Å². The molecule has 1 saturated heterocycles. The molecule has 1 spiro atoms. The third-order valence-electron chi connectivity index (χ3n) is 5.20. The third kappa shape index (κ3) is 2.06. The zero-order chi connectivity index (χ0) is 13.5. The molecule has 2 saturated carbocycles. The van der Waals surface area contributed by atoms with Crippen molar-refractivity contribution in [3.63, 3.8) is 0 Å². The van der Waals surface area contributed by atoms with Crippen LogP contribution in [-0.2, 0) is 4.79 Å². The summed E-state index contributed by atoms with van der Waals surface area (Å²) in [5.74, 6) is 0.778. The minimum Gasteiger partial charge on any atom is -0.323 e. The Hall–Kier alpha value is -0.710. The van der Waals surface area contributed by atoms with Crippen molar-refractivity contribution >= 4 is 24.6 Å². The first kappa shape index (κ1) is 13.3. The van der Waals surface area contributed by atoms with E-state index in [0.29, 0.717) is 6.54 Å². The van der Waals surface area contributed by atoms with Crippen molar-refractivity contribution in [3.8, 4) is 0 Å². The van der Waals surface area contributed by atoms with Gasteiger partial charge in [0, 0.05) is 6.54 Å². The molecule has 19 heavy (non-hydrogen) atoms. The lowest BCUT2D eigenvalue weighted by molar-refractivity contribution is -0.132. The van der Waals surface area contributed by atoms with E-state index in [1.807, 2.05) is 0 Å². The van der Waals surface area contributed by atoms with Crippen molar-refractivity contribution in [1.82, 2.24) is 10.2 Å². The summed E-state index contributed by atoms with van der Waals surface area (Å²) < 4.78 is 0. The fraction of sp³-hybridized carbons (Fsp3) is 0.857. The van der Waals surface area contributed by atoms with E-state index in [1.54, 1.807) is 0 Å². The Kier molecular flexibility index (Phi) is 3.28. The van der Waals surface area contributed by atoms with E-state index in [1.165, 1.54) is 17.7 Å². The first-order chi connectivity index (χ1) is 9.11. The molecule has 0 aromatic rings. The molecule has 1 heterocycles. The van der Waals surface area contributed by atoms with Crippen LogP contribution in [0.15, 0.2) is 0 Å². The smallest absolute Gasteiger partial charge is 0.323 e. The molecule has 1 aliphatic heterocycles. The molecule has 0 atom stereocenters. The van der Waals surface area contributed by atoms with Gasteiger partial charge >= 0.3 is 6.03 Å². The number of amides is 3. The van der Waals surface area contributed by atoms with Crippen LogP contribution in [0.2, 0.25) is 0 Å². The fourth-order valence-electron chi connectivity index (χ4n) is 3.96. The fourth-order valence-corrected chi connectivity index (χ4v) is 4.38. The van der Waals surface area contributed by atoms with Gasteiger partial charge in [0.25, 0.3) is 5.91 Å². The Morgan fingerprint density at radius 3 is 2.21 bits per heavy atom. The number of hydrogen-bond donors (Lipinski definition) is 2. The molecule has 4 nitrogen and oxygen atoms in total. The average Bonchev–Trinajstić information content (AvgIpc) is 3.09. The minimum absolute atomic E-state index is 0.0167. The number of thiol groups is 1. The van der Waals surface area contributed by atoms with Crippen molar-refractivity contribution in [1.29, 1.82) is 0 Å². The molecule has 0 unspecified atom stereocenters. The van der Waals surface area contributed by atoms with E-state index in [4.69, 9.17) is 0 Å². The zero-order valence-corrected chi connectivity index (χ0v) is 12.2. The van der Waals surface area contributed by atoms with Crippen LogP contribution in [0.1, 0.15) is 51.4 Å². The summed E-state index contributed by atoms with van der Waals surface area (Å²) in [6.07, 6.45) is 8.24. The molecule has 3 fully saturated rings. The Labute approximate surface area is 119 Å². The predicted octanol–water partition coefficient (Wildman–Crippen LogP) is 2.34. The quantitative estimate of drug-likeness (QED) is 0.616. The Morgan fingerprint density at radius 1 is 1.05 bits per heavy atom. The van der Waals surface area contributed by atoms with Crippen LogP contribution in [0.5, 0.6) is 0 Å². The topological polar surface area (TPSA) is 49.4 Å². The number of rotatable bonds is 3. The van der Waals surface area contributed by atoms with Gasteiger partial charge in [0.1, 0.15) is 5.54 Å². The van der Waals surface area contributed by atoms with Crippen molar-refractivity contribution in [2.45, 2.75) is 56.9 Å². The second-order valence-electron chi connectivity index (χ2n) is 6.48. The summed E-state index contributed by atoms with van der Waals surface area (Å²) in [6.45, 7) is 0.558. The molecule has 3 aliphatic rings. The Balaban J connectivity index is 1.77. The third-order valence-corrected chi connectivity index (χ3v) is 5.87. The van der Waals surface area contributed by atoms with E-state index in [2.05, 4.69) is 17.9 Å². The Morgan fingerprint density at radius 2 is 1.63 bits per heavy atom. The number of carbonyl (C=O) groups excluding carboxylic acids is 2. The monoisotopic (exact) mass is 282 g/mol. The van der Waals surface area contributed by atoms with Crippen LogP contribution in [0.3, 0.4) is 0 Å². The number of nitrogens with one attached hydrogen (secondary N) is 1. The number of carbonyl (C=O) groups is 2. The highest BCUT2D eigenvalue weighted by molar-refractivity contribution is 7.80. The van der Waals surface area contributed by atoms with Crippen molar-refractivity contribution in [3.05, 3.63) is 0 Å². The molecule has 0 aromatic heterocycles. The first-order valence-corrected chi connectivity index (χ1v) is 7.99. The summed E-state index contributed by atoms with van der Waals surface area (Å²) in [7, 11) is 0. The molecule has 0 radical (unpaired) electrons. The maximum atomic E-state index is 12.6. The summed E-state index contributed by atoms with van der Waals surface area (Å²) in [6, 6.07) is -0.181. The number of hydrogen-bond acceptors (Lipinski definition) is 3. The number of urea groups is 1. The van der Waals surface area contributed by atoms with E-state index < -0.39 is 5.54 Å². The highest BCUT2D eigenvalue weighted by Gasteiger charge is 2.53. The van der Waals surface area contributed by atoms with Crippen molar-refractivity contribution in [2.24, 2.45) is 5.41 Å². The second kappa shape index (κ2) is 4.69.